The predicted molar refractivity (Wildman–Crippen MR) is 122 cm³/mol. The minimum atomic E-state index is -1.22. The van der Waals surface area contributed by atoms with Crippen LogP contribution in [0.1, 0.15) is 37.3 Å². The number of aliphatic hydroxyl groups excluding tert-OH is 1. The standard InChI is InChI=1S/C25H32N2O6/c1-5-12-26(19-15(3)8-7-9-16(19)4)22(30)20-25-11-10-24(6-2,33-25)18(23(31)32)17(25)21(29)27(20)13-14-28/h5,7-9,17-18,20,28H,1,6,10-14H2,2-4H3,(H,31,32)/t17-,18-,20?,24+,25?/m0/s1. The number of carboxylic acids is 1. The highest BCUT2D eigenvalue weighted by Gasteiger charge is 2.79. The number of carboxylic acid groups (broad SMARTS) is 1. The van der Waals surface area contributed by atoms with Crippen molar-refractivity contribution in [2.75, 3.05) is 24.6 Å². The van der Waals surface area contributed by atoms with Gasteiger partial charge in [-0.1, -0.05) is 31.2 Å². The number of β-amino-alcohol motifs (C(OH)–C–C–N with tert-alkyl or cyclic N) is 1. The number of aryl methyl sites for hydroxylation is 2. The number of amides is 2. The van der Waals surface area contributed by atoms with E-state index in [-0.39, 0.29) is 25.6 Å². The third-order valence-electron chi connectivity index (χ3n) is 7.81. The molecule has 4 rings (SSSR count). The minimum Gasteiger partial charge on any atom is -0.481 e. The Kier molecular flexibility index (Phi) is 5.87. The number of aliphatic carboxylic acids is 1. The molecule has 1 aromatic rings. The summed E-state index contributed by atoms with van der Waals surface area (Å²) in [6.45, 7) is 9.35. The Labute approximate surface area is 193 Å². The summed E-state index contributed by atoms with van der Waals surface area (Å²) in [5.41, 5.74) is 0.367. The molecule has 3 aliphatic rings. The molecule has 0 aliphatic carbocycles. The van der Waals surface area contributed by atoms with Gasteiger partial charge < -0.3 is 24.7 Å². The second-order valence-electron chi connectivity index (χ2n) is 9.40. The Hall–Kier alpha value is -2.71. The number of carbonyl (C=O) groups excluding carboxylic acids is 2. The van der Waals surface area contributed by atoms with Gasteiger partial charge in [-0.05, 0) is 44.2 Å². The Balaban J connectivity index is 1.86. The van der Waals surface area contributed by atoms with Crippen molar-refractivity contribution in [1.29, 1.82) is 0 Å². The number of carbonyl (C=O) groups is 3. The van der Waals surface area contributed by atoms with Crippen molar-refractivity contribution >= 4 is 23.5 Å². The quantitative estimate of drug-likeness (QED) is 0.580. The zero-order chi connectivity index (χ0) is 24.1. The van der Waals surface area contributed by atoms with Crippen LogP contribution in [0.15, 0.2) is 30.9 Å². The molecule has 8 nitrogen and oxygen atoms in total. The van der Waals surface area contributed by atoms with Gasteiger partial charge in [0.05, 0.1) is 18.1 Å². The van der Waals surface area contributed by atoms with Crippen LogP contribution in [0.4, 0.5) is 5.69 Å². The highest BCUT2D eigenvalue weighted by Crippen LogP contribution is 2.64. The number of hydrogen-bond donors (Lipinski definition) is 2. The van der Waals surface area contributed by atoms with Crippen molar-refractivity contribution in [3.05, 3.63) is 42.0 Å². The molecule has 2 unspecified atom stereocenters. The van der Waals surface area contributed by atoms with E-state index in [2.05, 4.69) is 6.58 Å². The Morgan fingerprint density at radius 2 is 1.97 bits per heavy atom. The SMILES string of the molecule is C=CCN(C(=O)C1N(CCO)C(=O)[C@@H]2[C@@H](C(=O)O)[C@@]3(CC)CCC12O3)c1c(C)cccc1C. The molecule has 3 fully saturated rings. The average molecular weight is 457 g/mol. The molecule has 1 aromatic carbocycles. The molecule has 3 heterocycles. The van der Waals surface area contributed by atoms with Crippen LogP contribution in [-0.4, -0.2) is 69.8 Å². The summed E-state index contributed by atoms with van der Waals surface area (Å²) in [7, 11) is 0. The number of anilines is 1. The summed E-state index contributed by atoms with van der Waals surface area (Å²) < 4.78 is 6.50. The fourth-order valence-electron chi connectivity index (χ4n) is 6.52. The fourth-order valence-corrected chi connectivity index (χ4v) is 6.52. The van der Waals surface area contributed by atoms with E-state index in [4.69, 9.17) is 4.74 Å². The van der Waals surface area contributed by atoms with Crippen molar-refractivity contribution < 1.29 is 29.3 Å². The van der Waals surface area contributed by atoms with Gasteiger partial charge in [0.15, 0.2) is 0 Å². The van der Waals surface area contributed by atoms with E-state index in [1.54, 1.807) is 11.0 Å². The zero-order valence-corrected chi connectivity index (χ0v) is 19.4. The Morgan fingerprint density at radius 1 is 1.30 bits per heavy atom. The van der Waals surface area contributed by atoms with E-state index < -0.39 is 41.0 Å². The number of para-hydroxylation sites is 1. The maximum atomic E-state index is 14.2. The summed E-state index contributed by atoms with van der Waals surface area (Å²) in [6, 6.07) is 4.74. The number of benzene rings is 1. The number of nitrogens with zero attached hydrogens (tertiary/aromatic N) is 2. The summed E-state index contributed by atoms with van der Waals surface area (Å²) in [4.78, 5) is 43.1. The number of ether oxygens (including phenoxy) is 1. The first kappa shape index (κ1) is 23.4. The van der Waals surface area contributed by atoms with Crippen molar-refractivity contribution in [2.24, 2.45) is 11.8 Å². The third kappa shape index (κ3) is 3.14. The summed E-state index contributed by atoms with van der Waals surface area (Å²) in [5, 5.41) is 19.8. The second-order valence-corrected chi connectivity index (χ2v) is 9.40. The van der Waals surface area contributed by atoms with Gasteiger partial charge in [-0.3, -0.25) is 14.4 Å². The molecule has 3 saturated heterocycles. The average Bonchev–Trinajstić information content (AvgIpc) is 3.37. The van der Waals surface area contributed by atoms with E-state index in [9.17, 15) is 24.6 Å². The second kappa shape index (κ2) is 8.25. The summed E-state index contributed by atoms with van der Waals surface area (Å²) in [6.07, 6.45) is 2.98. The predicted octanol–water partition coefficient (Wildman–Crippen LogP) is 2.05. The molecule has 8 heteroatoms. The van der Waals surface area contributed by atoms with Gasteiger partial charge in [-0.25, -0.2) is 0 Å². The Morgan fingerprint density at radius 3 is 2.52 bits per heavy atom. The van der Waals surface area contributed by atoms with E-state index in [0.717, 1.165) is 16.8 Å². The monoisotopic (exact) mass is 456 g/mol. The maximum absolute atomic E-state index is 14.2. The van der Waals surface area contributed by atoms with Gasteiger partial charge in [0.1, 0.15) is 17.6 Å². The van der Waals surface area contributed by atoms with E-state index in [1.807, 2.05) is 39.0 Å². The van der Waals surface area contributed by atoms with Crippen molar-refractivity contribution in [3.63, 3.8) is 0 Å². The van der Waals surface area contributed by atoms with E-state index >= 15 is 0 Å². The van der Waals surface area contributed by atoms with Crippen molar-refractivity contribution in [3.8, 4) is 0 Å². The lowest BCUT2D eigenvalue weighted by atomic mass is 9.65. The van der Waals surface area contributed by atoms with E-state index in [1.165, 1.54) is 4.90 Å². The summed E-state index contributed by atoms with van der Waals surface area (Å²) >= 11 is 0. The number of hydrogen-bond acceptors (Lipinski definition) is 5. The van der Waals surface area contributed by atoms with Crippen LogP contribution < -0.4 is 4.90 Å². The molecule has 178 valence electrons. The van der Waals surface area contributed by atoms with Gasteiger partial charge in [0.25, 0.3) is 5.91 Å². The molecule has 3 aliphatic heterocycles. The molecule has 2 amide bonds. The molecular weight excluding hydrogens is 424 g/mol. The normalized spacial score (nSPS) is 32.2. The molecule has 2 bridgehead atoms. The molecule has 0 radical (unpaired) electrons. The van der Waals surface area contributed by atoms with Gasteiger partial charge in [-0.2, -0.15) is 0 Å². The van der Waals surface area contributed by atoms with Crippen LogP contribution in [0, 0.1) is 25.7 Å². The summed E-state index contributed by atoms with van der Waals surface area (Å²) in [5.74, 6) is -3.81. The first-order valence-corrected chi connectivity index (χ1v) is 11.5. The lowest BCUT2D eigenvalue weighted by Gasteiger charge is -2.37. The van der Waals surface area contributed by atoms with Gasteiger partial charge in [0, 0.05) is 18.8 Å². The molecule has 0 aromatic heterocycles. The van der Waals surface area contributed by atoms with Crippen LogP contribution in [0.2, 0.25) is 0 Å². The zero-order valence-electron chi connectivity index (χ0n) is 19.4. The van der Waals surface area contributed by atoms with Crippen LogP contribution >= 0.6 is 0 Å². The van der Waals surface area contributed by atoms with Crippen LogP contribution in [-0.2, 0) is 19.1 Å². The smallest absolute Gasteiger partial charge is 0.310 e. The topological polar surface area (TPSA) is 107 Å². The maximum Gasteiger partial charge on any atom is 0.310 e. The first-order chi connectivity index (χ1) is 15.7. The van der Waals surface area contributed by atoms with E-state index in [0.29, 0.717) is 19.3 Å². The van der Waals surface area contributed by atoms with Crippen LogP contribution in [0.5, 0.6) is 0 Å². The molecule has 5 atom stereocenters. The van der Waals surface area contributed by atoms with Gasteiger partial charge in [0.2, 0.25) is 5.91 Å². The first-order valence-electron chi connectivity index (χ1n) is 11.5. The van der Waals surface area contributed by atoms with Crippen LogP contribution in [0.3, 0.4) is 0 Å². The lowest BCUT2D eigenvalue weighted by molar-refractivity contribution is -0.155. The fraction of sp³-hybridized carbons (Fsp3) is 0.560. The number of fused-ring (bicyclic) bond motifs is 1. The van der Waals surface area contributed by atoms with Crippen molar-refractivity contribution in [2.45, 2.75) is 57.3 Å². The Bertz CT molecular complexity index is 988. The van der Waals surface area contributed by atoms with Gasteiger partial charge in [-0.15, -0.1) is 6.58 Å². The van der Waals surface area contributed by atoms with Crippen molar-refractivity contribution in [1.82, 2.24) is 4.90 Å². The third-order valence-corrected chi connectivity index (χ3v) is 7.81. The highest BCUT2D eigenvalue weighted by atomic mass is 16.5. The molecule has 1 spiro atoms. The largest absolute Gasteiger partial charge is 0.481 e. The number of likely N-dealkylation sites (tertiary alicyclic amines) is 1. The minimum absolute atomic E-state index is 0.0585. The molecular formula is C25H32N2O6. The number of rotatable bonds is 8. The van der Waals surface area contributed by atoms with Crippen LogP contribution in [0.25, 0.3) is 0 Å². The van der Waals surface area contributed by atoms with Gasteiger partial charge >= 0.3 is 5.97 Å². The highest BCUT2D eigenvalue weighted by molar-refractivity contribution is 6.05. The molecule has 33 heavy (non-hydrogen) atoms. The number of aliphatic hydroxyl groups is 1. The molecule has 0 saturated carbocycles. The lowest BCUT2D eigenvalue weighted by Crippen LogP contribution is -2.57. The molecule has 2 N–H and O–H groups in total.